The van der Waals surface area contributed by atoms with Gasteiger partial charge in [0.05, 0.1) is 0 Å². The second-order valence-electron chi connectivity index (χ2n) is 11.8. The van der Waals surface area contributed by atoms with Gasteiger partial charge in [-0.2, -0.15) is 0 Å². The van der Waals surface area contributed by atoms with Crippen LogP contribution in [0.4, 0.5) is 4.39 Å². The fourth-order valence-corrected chi connectivity index (χ4v) is 5.30. The van der Waals surface area contributed by atoms with E-state index in [1.807, 2.05) is 30.3 Å². The molecular formula is C34H41FN2O2. The molecule has 0 saturated heterocycles. The van der Waals surface area contributed by atoms with E-state index in [4.69, 9.17) is 0 Å². The number of benzene rings is 3. The van der Waals surface area contributed by atoms with E-state index in [0.29, 0.717) is 18.4 Å². The van der Waals surface area contributed by atoms with Crippen LogP contribution in [0.25, 0.3) is 0 Å². The number of hydrogen-bond acceptors (Lipinski definition) is 2. The highest BCUT2D eigenvalue weighted by Gasteiger charge is 2.32. The molecule has 3 aromatic carbocycles. The molecule has 4 rings (SSSR count). The summed E-state index contributed by atoms with van der Waals surface area (Å²) >= 11 is 0. The Kier molecular flexibility index (Phi) is 9.55. The lowest BCUT2D eigenvalue weighted by Gasteiger charge is -2.32. The molecule has 1 N–H and O–H groups in total. The Bertz CT molecular complexity index is 1230. The van der Waals surface area contributed by atoms with Crippen molar-refractivity contribution in [1.82, 2.24) is 10.2 Å². The van der Waals surface area contributed by atoms with Crippen LogP contribution in [-0.2, 0) is 34.4 Å². The monoisotopic (exact) mass is 528 g/mol. The quantitative estimate of drug-likeness (QED) is 0.316. The highest BCUT2D eigenvalue weighted by molar-refractivity contribution is 5.88. The molecule has 2 amide bonds. The Morgan fingerprint density at radius 3 is 2.18 bits per heavy atom. The summed E-state index contributed by atoms with van der Waals surface area (Å²) in [5, 5.41) is 3.20. The van der Waals surface area contributed by atoms with Crippen molar-refractivity contribution in [2.24, 2.45) is 0 Å². The number of carbonyl (C=O) groups excluding carboxylic acids is 2. The Morgan fingerprint density at radius 1 is 0.897 bits per heavy atom. The summed E-state index contributed by atoms with van der Waals surface area (Å²) < 4.78 is 14.8. The lowest BCUT2D eigenvalue weighted by molar-refractivity contribution is -0.141. The van der Waals surface area contributed by atoms with Crippen molar-refractivity contribution in [3.8, 4) is 0 Å². The summed E-state index contributed by atoms with van der Waals surface area (Å²) in [6.07, 6.45) is 5.27. The molecule has 3 aromatic rings. The fourth-order valence-electron chi connectivity index (χ4n) is 5.30. The van der Waals surface area contributed by atoms with Crippen LogP contribution in [0, 0.1) is 5.82 Å². The lowest BCUT2D eigenvalue weighted by Crippen LogP contribution is -2.52. The first kappa shape index (κ1) is 28.5. The number of hydrogen-bond donors (Lipinski definition) is 1. The van der Waals surface area contributed by atoms with Gasteiger partial charge in [-0.1, -0.05) is 106 Å². The molecule has 5 heteroatoms. The summed E-state index contributed by atoms with van der Waals surface area (Å²) in [6.45, 7) is 6.57. The van der Waals surface area contributed by atoms with E-state index in [-0.39, 0.29) is 42.1 Å². The van der Waals surface area contributed by atoms with Gasteiger partial charge in [0.25, 0.3) is 0 Å². The average molecular weight is 529 g/mol. The maximum atomic E-state index is 14.8. The predicted octanol–water partition coefficient (Wildman–Crippen LogP) is 6.75. The molecule has 0 radical (unpaired) electrons. The third-order valence-electron chi connectivity index (χ3n) is 7.72. The van der Waals surface area contributed by atoms with Crippen molar-refractivity contribution in [2.75, 3.05) is 0 Å². The molecule has 4 nitrogen and oxygen atoms in total. The zero-order valence-corrected chi connectivity index (χ0v) is 23.5. The first-order valence-corrected chi connectivity index (χ1v) is 14.2. The minimum Gasteiger partial charge on any atom is -0.352 e. The molecule has 0 spiro atoms. The average Bonchev–Trinajstić information content (AvgIpc) is 3.43. The summed E-state index contributed by atoms with van der Waals surface area (Å²) in [7, 11) is 0. The molecule has 0 unspecified atom stereocenters. The summed E-state index contributed by atoms with van der Waals surface area (Å²) in [6, 6.07) is 24.0. The van der Waals surface area contributed by atoms with Gasteiger partial charge >= 0.3 is 0 Å². The summed E-state index contributed by atoms with van der Waals surface area (Å²) in [4.78, 5) is 29.2. The normalized spacial score (nSPS) is 14.7. The van der Waals surface area contributed by atoms with Crippen molar-refractivity contribution in [3.05, 3.63) is 107 Å². The van der Waals surface area contributed by atoms with Crippen molar-refractivity contribution < 1.29 is 14.0 Å². The molecule has 1 fully saturated rings. The molecule has 206 valence electrons. The third-order valence-corrected chi connectivity index (χ3v) is 7.72. The zero-order valence-electron chi connectivity index (χ0n) is 23.5. The SMILES string of the molecule is CC(C)(C)c1ccc(CCC(=O)N(Cc2ccccc2F)[C@H](Cc2ccccc2)C(=O)NC2CCCC2)cc1. The van der Waals surface area contributed by atoms with E-state index in [1.165, 1.54) is 11.6 Å². The van der Waals surface area contributed by atoms with Crippen LogP contribution >= 0.6 is 0 Å². The maximum Gasteiger partial charge on any atom is 0.243 e. The highest BCUT2D eigenvalue weighted by atomic mass is 19.1. The van der Waals surface area contributed by atoms with Crippen LogP contribution in [0.5, 0.6) is 0 Å². The molecule has 1 aliphatic rings. The predicted molar refractivity (Wildman–Crippen MR) is 155 cm³/mol. The van der Waals surface area contributed by atoms with Crippen molar-refractivity contribution in [2.45, 2.75) is 89.8 Å². The van der Waals surface area contributed by atoms with Crippen molar-refractivity contribution in [3.63, 3.8) is 0 Å². The highest BCUT2D eigenvalue weighted by Crippen LogP contribution is 2.24. The van der Waals surface area contributed by atoms with Crippen LogP contribution in [0.2, 0.25) is 0 Å². The number of aryl methyl sites for hydroxylation is 1. The molecule has 0 aliphatic heterocycles. The standard InChI is InChI=1S/C34H41FN2O2/c1-34(2,3)28-20-17-25(18-21-28)19-22-32(38)37(24-27-13-7-10-16-30(27)35)31(23-26-11-5-4-6-12-26)33(39)36-29-14-8-9-15-29/h4-7,10-13,16-18,20-21,29,31H,8-9,14-15,19,22-24H2,1-3H3,(H,36,39)/t31-/m1/s1. The number of halogens is 1. The second-order valence-corrected chi connectivity index (χ2v) is 11.8. The Hall–Kier alpha value is -3.47. The van der Waals surface area contributed by atoms with Gasteiger partial charge in [0.2, 0.25) is 11.8 Å². The van der Waals surface area contributed by atoms with Gasteiger partial charge in [0, 0.05) is 31.0 Å². The Labute approximate surface area is 232 Å². The number of nitrogens with one attached hydrogen (secondary N) is 1. The maximum absolute atomic E-state index is 14.8. The summed E-state index contributed by atoms with van der Waals surface area (Å²) in [5.41, 5.74) is 3.74. The first-order valence-electron chi connectivity index (χ1n) is 14.2. The zero-order chi connectivity index (χ0) is 27.8. The largest absolute Gasteiger partial charge is 0.352 e. The van der Waals surface area contributed by atoms with E-state index >= 15 is 0 Å². The van der Waals surface area contributed by atoms with Gasteiger partial charge in [-0.25, -0.2) is 4.39 Å². The second kappa shape index (κ2) is 13.1. The van der Waals surface area contributed by atoms with Gasteiger partial charge in [-0.05, 0) is 47.4 Å². The van der Waals surface area contributed by atoms with Gasteiger partial charge < -0.3 is 10.2 Å². The third kappa shape index (κ3) is 8.01. The number of amides is 2. The fraction of sp³-hybridized carbons (Fsp3) is 0.412. The molecular weight excluding hydrogens is 487 g/mol. The Morgan fingerprint density at radius 2 is 1.54 bits per heavy atom. The van der Waals surface area contributed by atoms with Crippen LogP contribution in [-0.4, -0.2) is 28.8 Å². The van der Waals surface area contributed by atoms with Gasteiger partial charge in [0.1, 0.15) is 11.9 Å². The van der Waals surface area contributed by atoms with Crippen LogP contribution < -0.4 is 5.32 Å². The molecule has 0 aromatic heterocycles. The van der Waals surface area contributed by atoms with Gasteiger partial charge in [0.15, 0.2) is 0 Å². The lowest BCUT2D eigenvalue weighted by atomic mass is 9.86. The topological polar surface area (TPSA) is 49.4 Å². The van der Waals surface area contributed by atoms with E-state index < -0.39 is 6.04 Å². The van der Waals surface area contributed by atoms with E-state index in [1.54, 1.807) is 23.1 Å². The van der Waals surface area contributed by atoms with Crippen LogP contribution in [0.3, 0.4) is 0 Å². The van der Waals surface area contributed by atoms with E-state index in [9.17, 15) is 14.0 Å². The molecule has 0 heterocycles. The van der Waals surface area contributed by atoms with Crippen molar-refractivity contribution in [1.29, 1.82) is 0 Å². The minimum absolute atomic E-state index is 0.0457. The molecule has 39 heavy (non-hydrogen) atoms. The van der Waals surface area contributed by atoms with Crippen LogP contribution in [0.1, 0.15) is 75.1 Å². The van der Waals surface area contributed by atoms with Crippen molar-refractivity contribution >= 4 is 11.8 Å². The van der Waals surface area contributed by atoms with E-state index in [2.05, 4.69) is 50.4 Å². The van der Waals surface area contributed by atoms with Gasteiger partial charge in [-0.3, -0.25) is 9.59 Å². The first-order chi connectivity index (χ1) is 18.7. The number of rotatable bonds is 10. The molecule has 1 atom stereocenters. The smallest absolute Gasteiger partial charge is 0.243 e. The molecule has 1 aliphatic carbocycles. The molecule has 1 saturated carbocycles. The van der Waals surface area contributed by atoms with Crippen LogP contribution in [0.15, 0.2) is 78.9 Å². The van der Waals surface area contributed by atoms with E-state index in [0.717, 1.165) is 36.8 Å². The molecule has 0 bridgehead atoms. The number of carbonyl (C=O) groups is 2. The number of nitrogens with zero attached hydrogens (tertiary/aromatic N) is 1. The Balaban J connectivity index is 1.59. The summed E-state index contributed by atoms with van der Waals surface area (Å²) in [5.74, 6) is -0.687. The minimum atomic E-state index is -0.733. The van der Waals surface area contributed by atoms with Gasteiger partial charge in [-0.15, -0.1) is 0 Å².